The number of benzene rings is 1. The molecule has 1 aromatic carbocycles. The number of nitrogens with zero attached hydrogens (tertiary/aromatic N) is 4. The fourth-order valence-electron chi connectivity index (χ4n) is 8.11. The van der Waals surface area contributed by atoms with Crippen molar-refractivity contribution < 1.29 is 23.7 Å². The van der Waals surface area contributed by atoms with E-state index in [9.17, 15) is 14.4 Å². The van der Waals surface area contributed by atoms with Gasteiger partial charge in [0.1, 0.15) is 11.5 Å². The normalized spacial score (nSPS) is 28.9. The highest BCUT2D eigenvalue weighted by atomic mass is 35.5. The van der Waals surface area contributed by atoms with Crippen LogP contribution in [0.15, 0.2) is 36.5 Å². The van der Waals surface area contributed by atoms with E-state index in [1.807, 2.05) is 46.8 Å². The van der Waals surface area contributed by atoms with E-state index in [2.05, 4.69) is 45.3 Å². The Kier molecular flexibility index (Phi) is 7.46. The maximum atomic E-state index is 14.1. The van der Waals surface area contributed by atoms with Crippen LogP contribution in [0.5, 0.6) is 0 Å². The summed E-state index contributed by atoms with van der Waals surface area (Å²) in [5.41, 5.74) is 3.04. The number of ether oxygens (including phenoxy) is 1. The van der Waals surface area contributed by atoms with Crippen LogP contribution in [0.2, 0.25) is 5.02 Å². The number of amides is 1. The van der Waals surface area contributed by atoms with Gasteiger partial charge < -0.3 is 4.74 Å². The highest BCUT2D eigenvalue weighted by Crippen LogP contribution is 2.45. The van der Waals surface area contributed by atoms with E-state index < -0.39 is 11.1 Å². The van der Waals surface area contributed by atoms with Gasteiger partial charge in [0, 0.05) is 35.4 Å². The number of rotatable bonds is 4. The Morgan fingerprint density at radius 1 is 1.09 bits per heavy atom. The molecule has 1 amide bonds. The van der Waals surface area contributed by atoms with Gasteiger partial charge in [0.15, 0.2) is 11.9 Å². The Morgan fingerprint density at radius 2 is 1.75 bits per heavy atom. The van der Waals surface area contributed by atoms with Crippen LogP contribution >= 0.6 is 11.6 Å². The standard InChI is InChI=1S/C35H44ClN4O4/c1-21-19-35(6)38(17-14-25(21)29(41)23-12-15-34(5,16-13-23)32(43)44-7)31(42)28-20-39-30(40(28)35)26(33(2,3)4)18-27(37-39)22-8-10-24(36)11-9-22/h8-11,18,20-21,23,25H,12-17,19H2,1-7H3/q+1. The van der Waals surface area contributed by atoms with Crippen molar-refractivity contribution in [2.75, 3.05) is 13.7 Å². The Hall–Kier alpha value is -3.26. The van der Waals surface area contributed by atoms with Gasteiger partial charge in [-0.1, -0.05) is 61.0 Å². The Balaban J connectivity index is 1.35. The maximum absolute atomic E-state index is 14.1. The van der Waals surface area contributed by atoms with Gasteiger partial charge >= 0.3 is 17.5 Å². The third kappa shape index (κ3) is 4.84. The van der Waals surface area contributed by atoms with Gasteiger partial charge in [0.25, 0.3) is 0 Å². The molecule has 44 heavy (non-hydrogen) atoms. The molecule has 9 heteroatoms. The molecule has 0 N–H and O–H groups in total. The van der Waals surface area contributed by atoms with E-state index in [1.54, 1.807) is 0 Å². The molecule has 0 bridgehead atoms. The molecular formula is C35H44ClN4O4+. The topological polar surface area (TPSA) is 84.9 Å². The molecule has 3 aliphatic rings. The number of esters is 1. The molecule has 0 radical (unpaired) electrons. The lowest BCUT2D eigenvalue weighted by Gasteiger charge is -2.36. The number of fused-ring (bicyclic) bond motifs is 5. The van der Waals surface area contributed by atoms with Crippen molar-refractivity contribution in [3.05, 3.63) is 52.8 Å². The van der Waals surface area contributed by atoms with Crippen LogP contribution in [0.1, 0.15) is 96.1 Å². The van der Waals surface area contributed by atoms with E-state index >= 15 is 0 Å². The van der Waals surface area contributed by atoms with Crippen LogP contribution in [0.4, 0.5) is 0 Å². The minimum Gasteiger partial charge on any atom is -0.469 e. The number of carbonyl (C=O) groups excluding carboxylic acids is 3. The van der Waals surface area contributed by atoms with Gasteiger partial charge in [-0.15, -0.1) is 0 Å². The Bertz CT molecular complexity index is 1650. The monoisotopic (exact) mass is 619 g/mol. The zero-order valence-corrected chi connectivity index (χ0v) is 27.7. The summed E-state index contributed by atoms with van der Waals surface area (Å²) >= 11 is 6.16. The third-order valence-corrected chi connectivity index (χ3v) is 11.0. The molecule has 4 heterocycles. The average Bonchev–Trinajstić information content (AvgIpc) is 3.41. The van der Waals surface area contributed by atoms with Crippen LogP contribution in [0, 0.1) is 23.2 Å². The molecule has 3 aromatic rings. The number of aromatic nitrogens is 3. The molecule has 1 aliphatic carbocycles. The van der Waals surface area contributed by atoms with Gasteiger partial charge in [0.2, 0.25) is 5.69 Å². The predicted octanol–water partition coefficient (Wildman–Crippen LogP) is 6.35. The molecule has 234 valence electrons. The first-order valence-electron chi connectivity index (χ1n) is 15.9. The molecule has 0 spiro atoms. The van der Waals surface area contributed by atoms with E-state index in [-0.39, 0.29) is 35.0 Å². The number of imidazole rings is 1. The number of Topliss-reactive ketones (excluding diaryl/α,β-unsaturated/α-hetero) is 1. The average molecular weight is 620 g/mol. The van der Waals surface area contributed by atoms with E-state index in [0.717, 1.165) is 22.5 Å². The molecule has 2 aliphatic heterocycles. The van der Waals surface area contributed by atoms with Gasteiger partial charge in [-0.25, -0.2) is 0 Å². The molecular weight excluding hydrogens is 576 g/mol. The molecule has 3 atom stereocenters. The first kappa shape index (κ1) is 30.8. The molecule has 2 aromatic heterocycles. The van der Waals surface area contributed by atoms with E-state index in [4.69, 9.17) is 21.4 Å². The summed E-state index contributed by atoms with van der Waals surface area (Å²) in [7, 11) is 1.43. The lowest BCUT2D eigenvalue weighted by atomic mass is 9.68. The van der Waals surface area contributed by atoms with Crippen molar-refractivity contribution >= 4 is 34.9 Å². The van der Waals surface area contributed by atoms with E-state index in [1.165, 1.54) is 7.11 Å². The van der Waals surface area contributed by atoms with Crippen LogP contribution in [-0.4, -0.2) is 45.8 Å². The molecule has 1 saturated carbocycles. The summed E-state index contributed by atoms with van der Waals surface area (Å²) < 4.78 is 9.11. The Labute approximate surface area is 264 Å². The maximum Gasteiger partial charge on any atom is 0.313 e. The predicted molar refractivity (Wildman–Crippen MR) is 168 cm³/mol. The van der Waals surface area contributed by atoms with Crippen molar-refractivity contribution in [2.45, 2.75) is 91.1 Å². The first-order valence-corrected chi connectivity index (χ1v) is 16.3. The molecule has 1 saturated heterocycles. The number of hydrogen-bond acceptors (Lipinski definition) is 5. The summed E-state index contributed by atoms with van der Waals surface area (Å²) in [6.07, 6.45) is 5.92. The molecule has 6 rings (SSSR count). The third-order valence-electron chi connectivity index (χ3n) is 10.7. The molecule has 8 nitrogen and oxygen atoms in total. The largest absolute Gasteiger partial charge is 0.469 e. The van der Waals surface area contributed by atoms with Gasteiger partial charge in [-0.05, 0) is 75.5 Å². The number of hydrogen-bond donors (Lipinski definition) is 0. The lowest BCUT2D eigenvalue weighted by Crippen LogP contribution is -2.60. The number of ketones is 1. The molecule has 3 unspecified atom stereocenters. The first-order chi connectivity index (χ1) is 20.7. The van der Waals surface area contributed by atoms with Crippen LogP contribution in [-0.2, 0) is 25.4 Å². The van der Waals surface area contributed by atoms with Gasteiger partial charge in [-0.2, -0.15) is 4.57 Å². The highest BCUT2D eigenvalue weighted by Gasteiger charge is 2.57. The second-order valence-electron chi connectivity index (χ2n) is 14.8. The van der Waals surface area contributed by atoms with Crippen molar-refractivity contribution in [1.29, 1.82) is 0 Å². The van der Waals surface area contributed by atoms with Gasteiger partial charge in [0.05, 0.1) is 18.1 Å². The van der Waals surface area contributed by atoms with Crippen molar-refractivity contribution in [2.24, 2.45) is 23.2 Å². The number of methoxy groups -OCH3 is 1. The van der Waals surface area contributed by atoms with Gasteiger partial charge in [-0.3, -0.25) is 19.3 Å². The smallest absolute Gasteiger partial charge is 0.313 e. The Morgan fingerprint density at radius 3 is 2.36 bits per heavy atom. The summed E-state index contributed by atoms with van der Waals surface area (Å²) in [4.78, 5) is 42.4. The quantitative estimate of drug-likeness (QED) is 0.251. The number of carbonyl (C=O) groups is 3. The van der Waals surface area contributed by atoms with Crippen LogP contribution in [0.3, 0.4) is 0 Å². The van der Waals surface area contributed by atoms with Crippen molar-refractivity contribution in [1.82, 2.24) is 14.5 Å². The zero-order valence-electron chi connectivity index (χ0n) is 26.9. The summed E-state index contributed by atoms with van der Waals surface area (Å²) in [6.45, 7) is 13.3. The summed E-state index contributed by atoms with van der Waals surface area (Å²) in [5, 5.41) is 5.66. The lowest BCUT2D eigenvalue weighted by molar-refractivity contribution is -0.750. The van der Waals surface area contributed by atoms with Crippen molar-refractivity contribution in [3.8, 4) is 11.3 Å². The minimum atomic E-state index is -0.630. The second kappa shape index (κ2) is 10.7. The SMILES string of the molecule is COC(=O)C1(C)CCC(C(=O)C2CCN3C(=O)c4cn5nc(-c6ccc(Cl)cc6)cc(C(C)(C)C)c5[n+]4C3(C)CC2C)CC1. The highest BCUT2D eigenvalue weighted by molar-refractivity contribution is 6.30. The number of halogens is 1. The van der Waals surface area contributed by atoms with Crippen molar-refractivity contribution in [3.63, 3.8) is 0 Å². The van der Waals surface area contributed by atoms with Crippen LogP contribution in [0.25, 0.3) is 16.9 Å². The zero-order chi connectivity index (χ0) is 31.8. The summed E-state index contributed by atoms with van der Waals surface area (Å²) in [6, 6.07) is 9.80. The minimum absolute atomic E-state index is 0.0160. The molecule has 2 fully saturated rings. The van der Waals surface area contributed by atoms with Crippen LogP contribution < -0.4 is 4.57 Å². The summed E-state index contributed by atoms with van der Waals surface area (Å²) in [5.74, 6) is -0.0243. The second-order valence-corrected chi connectivity index (χ2v) is 15.2. The van der Waals surface area contributed by atoms with E-state index in [0.29, 0.717) is 61.6 Å². The fourth-order valence-corrected chi connectivity index (χ4v) is 8.24. The fraction of sp³-hybridized carbons (Fsp3) is 0.571.